The summed E-state index contributed by atoms with van der Waals surface area (Å²) in [6.45, 7) is 0.707. The van der Waals surface area contributed by atoms with Crippen molar-refractivity contribution >= 4 is 34.7 Å². The van der Waals surface area contributed by atoms with E-state index in [1.165, 1.54) is 29.5 Å². The van der Waals surface area contributed by atoms with Crippen LogP contribution in [0.15, 0.2) is 42.5 Å². The summed E-state index contributed by atoms with van der Waals surface area (Å²) < 4.78 is 14.6. The predicted molar refractivity (Wildman–Crippen MR) is 121 cm³/mol. The van der Waals surface area contributed by atoms with Crippen molar-refractivity contribution in [2.45, 2.75) is 37.8 Å². The maximum absolute atomic E-state index is 13.9. The third-order valence-corrected chi connectivity index (χ3v) is 6.96. The Hall–Kier alpha value is -2.64. The predicted octanol–water partition coefficient (Wildman–Crippen LogP) is 5.22. The molecule has 1 saturated heterocycles. The van der Waals surface area contributed by atoms with Crippen molar-refractivity contribution in [1.82, 2.24) is 10.3 Å². The van der Waals surface area contributed by atoms with Gasteiger partial charge in [-0.15, -0.1) is 11.3 Å². The van der Waals surface area contributed by atoms with E-state index in [4.69, 9.17) is 16.6 Å². The summed E-state index contributed by atoms with van der Waals surface area (Å²) >= 11 is 7.58. The van der Waals surface area contributed by atoms with E-state index in [-0.39, 0.29) is 17.7 Å². The summed E-state index contributed by atoms with van der Waals surface area (Å²) in [5.74, 6) is 0.157. The molecule has 1 aromatic carbocycles. The fourth-order valence-corrected chi connectivity index (χ4v) is 5.00. The number of rotatable bonds is 5. The van der Waals surface area contributed by atoms with Gasteiger partial charge in [0.25, 0.3) is 0 Å². The van der Waals surface area contributed by atoms with Gasteiger partial charge in [-0.25, -0.2) is 9.37 Å². The molecule has 2 N–H and O–H groups in total. The van der Waals surface area contributed by atoms with E-state index in [0.717, 1.165) is 36.1 Å². The second-order valence-corrected chi connectivity index (χ2v) is 9.71. The fraction of sp³-hybridized carbons (Fsp3) is 0.304. The zero-order valence-corrected chi connectivity index (χ0v) is 18.2. The number of nitrogens with zero attached hydrogens (tertiary/aromatic N) is 2. The van der Waals surface area contributed by atoms with E-state index in [9.17, 15) is 14.3 Å². The molecular formula is C23H21ClFN3O2S. The van der Waals surface area contributed by atoms with Crippen molar-refractivity contribution in [3.05, 3.63) is 52.6 Å². The number of nitrogens with one attached hydrogen (secondary N) is 1. The van der Waals surface area contributed by atoms with Crippen molar-refractivity contribution in [3.63, 3.8) is 0 Å². The van der Waals surface area contributed by atoms with Crippen molar-refractivity contribution in [1.29, 1.82) is 0 Å². The van der Waals surface area contributed by atoms with Crippen molar-refractivity contribution in [2.75, 3.05) is 11.4 Å². The van der Waals surface area contributed by atoms with Crippen LogP contribution in [0.5, 0.6) is 5.75 Å². The number of carbonyl (C=O) groups is 1. The van der Waals surface area contributed by atoms with E-state index in [0.29, 0.717) is 34.0 Å². The van der Waals surface area contributed by atoms with Gasteiger partial charge in [0.1, 0.15) is 23.4 Å². The Morgan fingerprint density at radius 3 is 2.77 bits per heavy atom. The Morgan fingerprint density at radius 1 is 1.19 bits per heavy atom. The fourth-order valence-electron chi connectivity index (χ4n) is 3.96. The van der Waals surface area contributed by atoms with E-state index >= 15 is 0 Å². The van der Waals surface area contributed by atoms with Gasteiger partial charge < -0.3 is 15.3 Å². The van der Waals surface area contributed by atoms with Crippen LogP contribution in [-0.4, -0.2) is 34.6 Å². The number of halogens is 2. The summed E-state index contributed by atoms with van der Waals surface area (Å²) in [6, 6.07) is 11.3. The first-order valence-corrected chi connectivity index (χ1v) is 11.5. The highest BCUT2D eigenvalue weighted by Gasteiger charge is 2.35. The molecule has 1 atom stereocenters. The SMILES string of the molecule is O=C(NC1CC1)[C@@H]1CCCN1c1cc(-c2ccc(Cl)s2)cc(-c2cc(F)ccc2O)n1. The number of aromatic nitrogens is 1. The number of phenols is 1. The molecule has 1 aliphatic heterocycles. The largest absolute Gasteiger partial charge is 0.507 e. The molecule has 31 heavy (non-hydrogen) atoms. The van der Waals surface area contributed by atoms with Crippen LogP contribution < -0.4 is 10.2 Å². The summed E-state index contributed by atoms with van der Waals surface area (Å²) in [5, 5.41) is 13.4. The van der Waals surface area contributed by atoms with Gasteiger partial charge in [-0.3, -0.25) is 4.79 Å². The number of anilines is 1. The number of carbonyl (C=O) groups excluding carboxylic acids is 1. The lowest BCUT2D eigenvalue weighted by molar-refractivity contribution is -0.122. The summed E-state index contributed by atoms with van der Waals surface area (Å²) in [4.78, 5) is 20.5. The van der Waals surface area contributed by atoms with Crippen LogP contribution in [0.1, 0.15) is 25.7 Å². The lowest BCUT2D eigenvalue weighted by Crippen LogP contribution is -2.44. The minimum Gasteiger partial charge on any atom is -0.507 e. The molecule has 0 bridgehead atoms. The van der Waals surface area contributed by atoms with Crippen LogP contribution in [0.25, 0.3) is 21.7 Å². The van der Waals surface area contributed by atoms with Gasteiger partial charge in [0.05, 0.1) is 10.0 Å². The van der Waals surface area contributed by atoms with E-state index < -0.39 is 5.82 Å². The highest BCUT2D eigenvalue weighted by Crippen LogP contribution is 2.38. The number of hydrogen-bond acceptors (Lipinski definition) is 5. The normalized spacial score (nSPS) is 18.4. The molecule has 1 aliphatic carbocycles. The lowest BCUT2D eigenvalue weighted by Gasteiger charge is -2.26. The minimum absolute atomic E-state index is 0.0292. The second-order valence-electron chi connectivity index (χ2n) is 8.00. The average Bonchev–Trinajstić information content (AvgIpc) is 3.25. The molecule has 1 amide bonds. The van der Waals surface area contributed by atoms with Crippen LogP contribution in [0.2, 0.25) is 4.34 Å². The monoisotopic (exact) mass is 457 g/mol. The van der Waals surface area contributed by atoms with Crippen LogP contribution in [-0.2, 0) is 4.79 Å². The highest BCUT2D eigenvalue weighted by molar-refractivity contribution is 7.19. The Labute approximate surface area is 188 Å². The zero-order chi connectivity index (χ0) is 21.5. The second kappa shape index (κ2) is 8.13. The Bertz CT molecular complexity index is 1150. The molecule has 2 aliphatic rings. The number of benzene rings is 1. The number of phenolic OH excluding ortho intramolecular Hbond substituents is 1. The van der Waals surface area contributed by atoms with Crippen LogP contribution in [0, 0.1) is 5.82 Å². The molecule has 160 valence electrons. The molecule has 0 unspecified atom stereocenters. The van der Waals surface area contributed by atoms with E-state index in [1.54, 1.807) is 0 Å². The molecule has 5 rings (SSSR count). The van der Waals surface area contributed by atoms with Crippen LogP contribution >= 0.6 is 22.9 Å². The molecule has 2 fully saturated rings. The molecule has 2 aromatic heterocycles. The van der Waals surface area contributed by atoms with Gasteiger partial charge in [0.15, 0.2) is 0 Å². The number of thiophene rings is 1. The van der Waals surface area contributed by atoms with Crippen LogP contribution in [0.3, 0.4) is 0 Å². The smallest absolute Gasteiger partial charge is 0.242 e. The number of hydrogen-bond donors (Lipinski definition) is 2. The third kappa shape index (κ3) is 4.25. The Morgan fingerprint density at radius 2 is 2.03 bits per heavy atom. The average molecular weight is 458 g/mol. The minimum atomic E-state index is -0.455. The van der Waals surface area contributed by atoms with Gasteiger partial charge in [-0.05, 0) is 73.7 Å². The van der Waals surface area contributed by atoms with Crippen molar-refractivity contribution < 1.29 is 14.3 Å². The molecule has 8 heteroatoms. The first kappa shape index (κ1) is 20.3. The first-order valence-electron chi connectivity index (χ1n) is 10.3. The summed E-state index contributed by atoms with van der Waals surface area (Å²) in [6.07, 6.45) is 3.72. The van der Waals surface area contributed by atoms with Crippen molar-refractivity contribution in [3.8, 4) is 27.4 Å². The van der Waals surface area contributed by atoms with E-state index in [2.05, 4.69) is 5.32 Å². The quantitative estimate of drug-likeness (QED) is 0.551. The van der Waals surface area contributed by atoms with Crippen molar-refractivity contribution in [2.24, 2.45) is 0 Å². The topological polar surface area (TPSA) is 65.5 Å². The molecule has 0 spiro atoms. The molecule has 3 aromatic rings. The summed E-state index contributed by atoms with van der Waals surface area (Å²) in [5.41, 5.74) is 1.61. The maximum atomic E-state index is 13.9. The molecule has 0 radical (unpaired) electrons. The maximum Gasteiger partial charge on any atom is 0.242 e. The summed E-state index contributed by atoms with van der Waals surface area (Å²) in [7, 11) is 0. The van der Waals surface area contributed by atoms with Gasteiger partial charge in [0.2, 0.25) is 5.91 Å². The number of aromatic hydroxyl groups is 1. The van der Waals surface area contributed by atoms with Crippen LogP contribution in [0.4, 0.5) is 10.2 Å². The Kier molecular flexibility index (Phi) is 5.32. The first-order chi connectivity index (χ1) is 15.0. The molecular weight excluding hydrogens is 437 g/mol. The van der Waals surface area contributed by atoms with Gasteiger partial charge in [-0.2, -0.15) is 0 Å². The van der Waals surface area contributed by atoms with E-state index in [1.807, 2.05) is 29.2 Å². The molecule has 1 saturated carbocycles. The standard InChI is InChI=1S/C23H21ClFN3O2S/c24-21-8-7-20(31-21)13-10-17(16-12-14(25)3-6-19(16)29)27-22(11-13)28-9-1-2-18(28)23(30)26-15-4-5-15/h3,6-8,10-12,15,18,29H,1-2,4-5,9H2,(H,26,30)/t18-/m0/s1. The highest BCUT2D eigenvalue weighted by atomic mass is 35.5. The Balaban J connectivity index is 1.59. The molecule has 5 nitrogen and oxygen atoms in total. The third-order valence-electron chi connectivity index (χ3n) is 5.68. The molecule has 3 heterocycles. The van der Waals surface area contributed by atoms with Gasteiger partial charge in [-0.1, -0.05) is 11.6 Å². The lowest BCUT2D eigenvalue weighted by atomic mass is 10.1. The number of pyridine rings is 1. The van der Waals surface area contributed by atoms with Gasteiger partial charge >= 0.3 is 0 Å². The zero-order valence-electron chi connectivity index (χ0n) is 16.6. The van der Waals surface area contributed by atoms with Gasteiger partial charge in [0, 0.05) is 23.0 Å². The number of amides is 1.